The number of carboxylic acids is 1. The van der Waals surface area contributed by atoms with Gasteiger partial charge in [-0.15, -0.1) is 0 Å². The van der Waals surface area contributed by atoms with Gasteiger partial charge in [0.2, 0.25) is 0 Å². The second-order valence-corrected chi connectivity index (χ2v) is 6.12. The third-order valence-corrected chi connectivity index (χ3v) is 3.89. The highest BCUT2D eigenvalue weighted by atomic mass is 16.4. The van der Waals surface area contributed by atoms with Gasteiger partial charge >= 0.3 is 0 Å². The lowest BCUT2D eigenvalue weighted by Crippen LogP contribution is -2.32. The minimum atomic E-state index is -1.08. The molecule has 1 aromatic rings. The van der Waals surface area contributed by atoms with Crippen LogP contribution in [0.4, 0.5) is 0 Å². The van der Waals surface area contributed by atoms with Gasteiger partial charge in [0.05, 0.1) is 0 Å². The lowest BCUT2D eigenvalue weighted by molar-refractivity contribution is -0.697. The molecule has 0 aliphatic heterocycles. The van der Waals surface area contributed by atoms with Crippen LogP contribution < -0.4 is 9.67 Å². The number of unbranched alkanes of at least 4 members (excludes halogenated alkanes) is 8. The van der Waals surface area contributed by atoms with E-state index in [1.807, 2.05) is 0 Å². The Hall–Kier alpha value is -1.38. The van der Waals surface area contributed by atoms with Gasteiger partial charge in [-0.1, -0.05) is 58.8 Å². The van der Waals surface area contributed by atoms with Crippen molar-refractivity contribution in [2.45, 2.75) is 91.5 Å². The van der Waals surface area contributed by atoms with Crippen LogP contribution in [0.15, 0.2) is 24.5 Å². The Morgan fingerprint density at radius 1 is 0.913 bits per heavy atom. The van der Waals surface area contributed by atoms with E-state index in [9.17, 15) is 0 Å². The third-order valence-electron chi connectivity index (χ3n) is 3.89. The van der Waals surface area contributed by atoms with Crippen molar-refractivity contribution in [2.75, 3.05) is 0 Å². The Balaban J connectivity index is 0.00000108. The van der Waals surface area contributed by atoms with Crippen molar-refractivity contribution in [3.05, 3.63) is 30.1 Å². The molecule has 1 heterocycles. The number of pyridine rings is 1. The van der Waals surface area contributed by atoms with Gasteiger partial charge in [0.1, 0.15) is 6.54 Å². The van der Waals surface area contributed by atoms with Crippen molar-refractivity contribution in [3.8, 4) is 0 Å². The largest absolute Gasteiger partial charge is 0.550 e. The SMILES string of the molecule is CC(=O)[O-].CCCCCCCCCCC[n+]1ccc(CC)cc1. The van der Waals surface area contributed by atoms with Crippen LogP contribution in [0.3, 0.4) is 0 Å². The summed E-state index contributed by atoms with van der Waals surface area (Å²) in [6.45, 7) is 6.64. The smallest absolute Gasteiger partial charge is 0.169 e. The molecule has 1 rings (SSSR count). The number of rotatable bonds is 11. The number of carbonyl (C=O) groups excluding carboxylic acids is 1. The van der Waals surface area contributed by atoms with E-state index >= 15 is 0 Å². The molecule has 0 radical (unpaired) electrons. The van der Waals surface area contributed by atoms with Crippen LogP contribution >= 0.6 is 0 Å². The van der Waals surface area contributed by atoms with Crippen LogP contribution in [-0.4, -0.2) is 5.97 Å². The molecule has 0 unspecified atom stereocenters. The maximum Gasteiger partial charge on any atom is 0.169 e. The summed E-state index contributed by atoms with van der Waals surface area (Å²) in [4.78, 5) is 8.89. The van der Waals surface area contributed by atoms with Crippen molar-refractivity contribution >= 4 is 5.97 Å². The molecule has 132 valence electrons. The first-order chi connectivity index (χ1) is 11.1. The number of aromatic nitrogens is 1. The summed E-state index contributed by atoms with van der Waals surface area (Å²) < 4.78 is 2.32. The zero-order valence-corrected chi connectivity index (χ0v) is 15.4. The molecular weight excluding hydrogens is 286 g/mol. The number of carbonyl (C=O) groups is 1. The molecule has 0 saturated carbocycles. The van der Waals surface area contributed by atoms with E-state index in [1.54, 1.807) is 0 Å². The number of aryl methyl sites for hydroxylation is 2. The van der Waals surface area contributed by atoms with Crippen LogP contribution in [0.1, 0.15) is 84.1 Å². The fraction of sp³-hybridized carbons (Fsp3) is 0.700. The molecule has 0 fully saturated rings. The summed E-state index contributed by atoms with van der Waals surface area (Å²) in [6, 6.07) is 4.49. The molecule has 0 bridgehead atoms. The molecular formula is C20H35NO2. The Labute approximate surface area is 142 Å². The third kappa shape index (κ3) is 15.3. The topological polar surface area (TPSA) is 44.0 Å². The van der Waals surface area contributed by atoms with E-state index in [-0.39, 0.29) is 0 Å². The van der Waals surface area contributed by atoms with Gasteiger partial charge in [-0.05, 0) is 25.3 Å². The lowest BCUT2D eigenvalue weighted by Gasteiger charge is -2.01. The van der Waals surface area contributed by atoms with Crippen LogP contribution in [0.2, 0.25) is 0 Å². The minimum absolute atomic E-state index is 0.972. The van der Waals surface area contributed by atoms with Gasteiger partial charge in [-0.25, -0.2) is 4.57 Å². The maximum atomic E-state index is 8.89. The molecule has 0 aliphatic rings. The minimum Gasteiger partial charge on any atom is -0.550 e. The molecule has 3 heteroatoms. The van der Waals surface area contributed by atoms with E-state index in [4.69, 9.17) is 9.90 Å². The molecule has 23 heavy (non-hydrogen) atoms. The molecule has 0 aromatic carbocycles. The maximum absolute atomic E-state index is 8.89. The van der Waals surface area contributed by atoms with Crippen LogP contribution in [-0.2, 0) is 17.8 Å². The lowest BCUT2D eigenvalue weighted by atomic mass is 10.1. The first-order valence-corrected chi connectivity index (χ1v) is 9.25. The zero-order valence-electron chi connectivity index (χ0n) is 15.4. The van der Waals surface area contributed by atoms with Gasteiger partial charge in [-0.2, -0.15) is 0 Å². The van der Waals surface area contributed by atoms with Gasteiger partial charge in [0.15, 0.2) is 12.4 Å². The van der Waals surface area contributed by atoms with Crippen molar-refractivity contribution in [1.82, 2.24) is 0 Å². The standard InChI is InChI=1S/C18H32N.C2H4O2/c1-3-5-6-7-8-9-10-11-12-15-19-16-13-18(4-2)14-17-19;1-2(3)4/h13-14,16-17H,3-12,15H2,1-2H3;1H3,(H,3,4)/q+1;/p-1. The van der Waals surface area contributed by atoms with Crippen molar-refractivity contribution in [1.29, 1.82) is 0 Å². The second kappa shape index (κ2) is 15.5. The fourth-order valence-electron chi connectivity index (χ4n) is 2.48. The molecule has 0 amide bonds. The average molecular weight is 322 g/mol. The Bertz CT molecular complexity index is 383. The molecule has 0 aliphatic carbocycles. The van der Waals surface area contributed by atoms with Crippen LogP contribution in [0.5, 0.6) is 0 Å². The fourth-order valence-corrected chi connectivity index (χ4v) is 2.48. The molecule has 3 nitrogen and oxygen atoms in total. The predicted molar refractivity (Wildman–Crippen MR) is 93.9 cm³/mol. The summed E-state index contributed by atoms with van der Waals surface area (Å²) in [5.41, 5.74) is 1.43. The van der Waals surface area contributed by atoms with Crippen molar-refractivity contribution in [3.63, 3.8) is 0 Å². The molecule has 0 atom stereocenters. The Morgan fingerprint density at radius 3 is 1.78 bits per heavy atom. The van der Waals surface area contributed by atoms with E-state index in [0.717, 1.165) is 13.3 Å². The van der Waals surface area contributed by atoms with Gasteiger partial charge in [0, 0.05) is 24.5 Å². The van der Waals surface area contributed by atoms with E-state index in [2.05, 4.69) is 42.9 Å². The van der Waals surface area contributed by atoms with E-state index in [1.165, 1.54) is 69.9 Å². The zero-order chi connectivity index (χ0) is 17.3. The van der Waals surface area contributed by atoms with Gasteiger partial charge < -0.3 is 9.90 Å². The highest BCUT2D eigenvalue weighted by Gasteiger charge is 2.00. The molecule has 0 spiro atoms. The number of carboxylic acid groups (broad SMARTS) is 1. The molecule has 0 N–H and O–H groups in total. The summed E-state index contributed by atoms with van der Waals surface area (Å²) in [5, 5.41) is 8.89. The number of hydrogen-bond donors (Lipinski definition) is 0. The average Bonchev–Trinajstić information content (AvgIpc) is 2.53. The highest BCUT2D eigenvalue weighted by Crippen LogP contribution is 2.09. The normalized spacial score (nSPS) is 10.0. The summed E-state index contributed by atoms with van der Waals surface area (Å²) in [6.07, 6.45) is 18.3. The van der Waals surface area contributed by atoms with E-state index in [0.29, 0.717) is 0 Å². The quantitative estimate of drug-likeness (QED) is 0.459. The van der Waals surface area contributed by atoms with Crippen LogP contribution in [0, 0.1) is 0 Å². The summed E-state index contributed by atoms with van der Waals surface area (Å²) in [7, 11) is 0. The van der Waals surface area contributed by atoms with Gasteiger partial charge in [0.25, 0.3) is 0 Å². The van der Waals surface area contributed by atoms with Crippen molar-refractivity contribution < 1.29 is 14.5 Å². The highest BCUT2D eigenvalue weighted by molar-refractivity contribution is 5.60. The van der Waals surface area contributed by atoms with E-state index < -0.39 is 5.97 Å². The monoisotopic (exact) mass is 321 g/mol. The van der Waals surface area contributed by atoms with Gasteiger partial charge in [-0.3, -0.25) is 0 Å². The first kappa shape index (κ1) is 21.6. The molecule has 0 saturated heterocycles. The Morgan fingerprint density at radius 2 is 1.35 bits per heavy atom. The summed E-state index contributed by atoms with van der Waals surface area (Å²) in [5.74, 6) is -1.08. The number of aliphatic carboxylic acids is 1. The molecule has 1 aromatic heterocycles. The predicted octanol–water partition coefficient (Wildman–Crippen LogP) is 3.82. The first-order valence-electron chi connectivity index (χ1n) is 9.25. The summed E-state index contributed by atoms with van der Waals surface area (Å²) >= 11 is 0. The van der Waals surface area contributed by atoms with Crippen molar-refractivity contribution in [2.24, 2.45) is 0 Å². The number of hydrogen-bond acceptors (Lipinski definition) is 2. The Kier molecular flexibility index (Phi) is 14.6. The number of nitrogens with zero attached hydrogens (tertiary/aromatic N) is 1. The second-order valence-electron chi connectivity index (χ2n) is 6.12. The van der Waals surface area contributed by atoms with Crippen LogP contribution in [0.25, 0.3) is 0 Å².